The van der Waals surface area contributed by atoms with E-state index in [0.717, 1.165) is 62.1 Å². The highest BCUT2D eigenvalue weighted by Gasteiger charge is 2.15. The minimum Gasteiger partial charge on any atom is -0.491 e. The summed E-state index contributed by atoms with van der Waals surface area (Å²) in [6, 6.07) is 22.8. The van der Waals surface area contributed by atoms with E-state index in [2.05, 4.69) is 85.8 Å². The highest BCUT2D eigenvalue weighted by Crippen LogP contribution is 2.35. The van der Waals surface area contributed by atoms with Gasteiger partial charge in [0.2, 0.25) is 5.91 Å². The molecular formula is C30H26N6O2. The molecular weight excluding hydrogens is 476 g/mol. The van der Waals surface area contributed by atoms with Gasteiger partial charge < -0.3 is 15.0 Å². The lowest BCUT2D eigenvalue weighted by Gasteiger charge is -2.11. The fourth-order valence-electron chi connectivity index (χ4n) is 4.66. The van der Waals surface area contributed by atoms with Gasteiger partial charge in [-0.05, 0) is 59.5 Å². The first-order valence-corrected chi connectivity index (χ1v) is 12.4. The van der Waals surface area contributed by atoms with Crippen LogP contribution < -0.4 is 10.1 Å². The molecule has 0 saturated carbocycles. The van der Waals surface area contributed by atoms with Crippen LogP contribution in [-0.2, 0) is 11.2 Å². The molecule has 38 heavy (non-hydrogen) atoms. The SMILES string of the molecule is C=CC(=O)NCCOc1cc(Cc2ccccc2)cc2[nH]c(-c3n[nH]c4cc(-c5cn[nH]c5)ccc34)cc12. The Morgan fingerprint density at radius 1 is 0.974 bits per heavy atom. The van der Waals surface area contributed by atoms with Gasteiger partial charge in [-0.1, -0.05) is 43.0 Å². The van der Waals surface area contributed by atoms with Gasteiger partial charge in [0.1, 0.15) is 18.1 Å². The first kappa shape index (κ1) is 23.3. The Labute approximate surface area is 218 Å². The molecule has 0 aliphatic carbocycles. The molecule has 0 saturated heterocycles. The number of fused-ring (bicyclic) bond motifs is 2. The largest absolute Gasteiger partial charge is 0.491 e. The zero-order chi connectivity index (χ0) is 25.9. The van der Waals surface area contributed by atoms with Crippen molar-refractivity contribution in [2.75, 3.05) is 13.2 Å². The highest BCUT2D eigenvalue weighted by atomic mass is 16.5. The maximum atomic E-state index is 11.5. The van der Waals surface area contributed by atoms with Crippen LogP contribution >= 0.6 is 0 Å². The van der Waals surface area contributed by atoms with E-state index < -0.39 is 0 Å². The van der Waals surface area contributed by atoms with Gasteiger partial charge in [0.05, 0.1) is 24.0 Å². The van der Waals surface area contributed by atoms with E-state index in [1.54, 1.807) is 6.20 Å². The van der Waals surface area contributed by atoms with Crippen LogP contribution in [0.3, 0.4) is 0 Å². The van der Waals surface area contributed by atoms with Gasteiger partial charge in [0.25, 0.3) is 0 Å². The van der Waals surface area contributed by atoms with Gasteiger partial charge in [-0.3, -0.25) is 15.0 Å². The van der Waals surface area contributed by atoms with Crippen molar-refractivity contribution in [2.45, 2.75) is 6.42 Å². The summed E-state index contributed by atoms with van der Waals surface area (Å²) in [6.07, 6.45) is 5.70. The fourth-order valence-corrected chi connectivity index (χ4v) is 4.66. The van der Waals surface area contributed by atoms with Crippen LogP contribution in [0.25, 0.3) is 44.3 Å². The molecule has 188 valence electrons. The quantitative estimate of drug-likeness (QED) is 0.157. The molecule has 6 aromatic rings. The predicted molar refractivity (Wildman–Crippen MR) is 149 cm³/mol. The lowest BCUT2D eigenvalue weighted by molar-refractivity contribution is -0.116. The van der Waals surface area contributed by atoms with Crippen molar-refractivity contribution < 1.29 is 9.53 Å². The molecule has 3 aromatic carbocycles. The van der Waals surface area contributed by atoms with Crippen molar-refractivity contribution >= 4 is 27.7 Å². The number of nitrogens with zero attached hydrogens (tertiary/aromatic N) is 2. The molecule has 0 unspecified atom stereocenters. The number of aromatic amines is 3. The minimum absolute atomic E-state index is 0.221. The van der Waals surface area contributed by atoms with Crippen molar-refractivity contribution in [2.24, 2.45) is 0 Å². The number of hydrogen-bond donors (Lipinski definition) is 4. The monoisotopic (exact) mass is 502 g/mol. The Kier molecular flexibility index (Phi) is 6.19. The van der Waals surface area contributed by atoms with E-state index in [1.165, 1.54) is 11.6 Å². The Morgan fingerprint density at radius 2 is 1.87 bits per heavy atom. The van der Waals surface area contributed by atoms with Crippen LogP contribution in [-0.4, -0.2) is 44.4 Å². The maximum Gasteiger partial charge on any atom is 0.243 e. The number of aromatic nitrogens is 5. The zero-order valence-corrected chi connectivity index (χ0v) is 20.6. The van der Waals surface area contributed by atoms with E-state index in [-0.39, 0.29) is 5.91 Å². The third-order valence-electron chi connectivity index (χ3n) is 6.50. The average molecular weight is 503 g/mol. The summed E-state index contributed by atoms with van der Waals surface area (Å²) in [4.78, 5) is 15.1. The molecule has 8 heteroatoms. The second kappa shape index (κ2) is 10.1. The van der Waals surface area contributed by atoms with Crippen LogP contribution in [0.1, 0.15) is 11.1 Å². The van der Waals surface area contributed by atoms with E-state index in [9.17, 15) is 4.79 Å². The molecule has 8 nitrogen and oxygen atoms in total. The van der Waals surface area contributed by atoms with Crippen LogP contribution in [0.4, 0.5) is 0 Å². The standard InChI is InChI=1S/C30H26N6O2/c1-2-29(37)31-10-11-38-28-14-20(12-19-6-4-3-5-7-19)13-25-24(28)16-27(34-25)30-23-9-8-21(15-26(23)35-36-30)22-17-32-33-18-22/h2-9,13-18,34H,1,10-12H2,(H,31,37)(H,32,33)(H,35,36). The Balaban J connectivity index is 1.35. The summed E-state index contributed by atoms with van der Waals surface area (Å²) in [5.41, 5.74) is 8.05. The predicted octanol–water partition coefficient (Wildman–Crippen LogP) is 5.37. The molecule has 0 atom stereocenters. The Bertz CT molecular complexity index is 1730. The molecule has 0 fully saturated rings. The number of carbonyl (C=O) groups is 1. The van der Waals surface area contributed by atoms with Gasteiger partial charge in [-0.25, -0.2) is 0 Å². The minimum atomic E-state index is -0.221. The normalized spacial score (nSPS) is 11.2. The summed E-state index contributed by atoms with van der Waals surface area (Å²) in [7, 11) is 0. The molecule has 4 N–H and O–H groups in total. The Hall–Kier alpha value is -5.11. The number of carbonyl (C=O) groups excluding carboxylic acids is 1. The number of benzene rings is 3. The van der Waals surface area contributed by atoms with Crippen LogP contribution in [0, 0.1) is 0 Å². The lowest BCUT2D eigenvalue weighted by atomic mass is 10.0. The van der Waals surface area contributed by atoms with Gasteiger partial charge in [-0.2, -0.15) is 10.2 Å². The second-order valence-electron chi connectivity index (χ2n) is 9.06. The van der Waals surface area contributed by atoms with E-state index in [1.807, 2.05) is 24.4 Å². The van der Waals surface area contributed by atoms with Gasteiger partial charge >= 0.3 is 0 Å². The van der Waals surface area contributed by atoms with E-state index >= 15 is 0 Å². The molecule has 1 amide bonds. The van der Waals surface area contributed by atoms with Gasteiger partial charge in [-0.15, -0.1) is 0 Å². The number of ether oxygens (including phenoxy) is 1. The highest BCUT2D eigenvalue weighted by molar-refractivity contribution is 5.98. The summed E-state index contributed by atoms with van der Waals surface area (Å²) >= 11 is 0. The summed E-state index contributed by atoms with van der Waals surface area (Å²) in [5, 5.41) is 19.4. The van der Waals surface area contributed by atoms with Crippen molar-refractivity contribution in [1.82, 2.24) is 30.7 Å². The van der Waals surface area contributed by atoms with E-state index in [0.29, 0.717) is 13.2 Å². The number of amides is 1. The van der Waals surface area contributed by atoms with Crippen LogP contribution in [0.15, 0.2) is 91.8 Å². The number of H-pyrrole nitrogens is 3. The molecule has 0 radical (unpaired) electrons. The molecule has 0 aliphatic heterocycles. The smallest absolute Gasteiger partial charge is 0.243 e. The van der Waals surface area contributed by atoms with E-state index in [4.69, 9.17) is 4.74 Å². The fraction of sp³-hybridized carbons (Fsp3) is 0.100. The van der Waals surface area contributed by atoms with Crippen molar-refractivity contribution in [1.29, 1.82) is 0 Å². The number of hydrogen-bond acceptors (Lipinski definition) is 4. The van der Waals surface area contributed by atoms with Crippen LogP contribution in [0.5, 0.6) is 5.75 Å². The molecule has 3 aromatic heterocycles. The Morgan fingerprint density at radius 3 is 2.68 bits per heavy atom. The summed E-state index contributed by atoms with van der Waals surface area (Å²) in [5.74, 6) is 0.535. The first-order chi connectivity index (χ1) is 18.7. The molecule has 0 aliphatic rings. The van der Waals surface area contributed by atoms with Crippen molar-refractivity contribution in [3.63, 3.8) is 0 Å². The molecule has 6 rings (SSSR count). The molecule has 3 heterocycles. The number of nitrogens with one attached hydrogen (secondary N) is 4. The van der Waals surface area contributed by atoms with Gasteiger partial charge in [0.15, 0.2) is 0 Å². The molecule has 0 bridgehead atoms. The second-order valence-corrected chi connectivity index (χ2v) is 9.06. The summed E-state index contributed by atoms with van der Waals surface area (Å²) in [6.45, 7) is 4.21. The lowest BCUT2D eigenvalue weighted by Crippen LogP contribution is -2.26. The number of rotatable bonds is 9. The average Bonchev–Trinajstić information content (AvgIpc) is 3.70. The third kappa shape index (κ3) is 4.67. The first-order valence-electron chi connectivity index (χ1n) is 12.4. The molecule has 0 spiro atoms. The van der Waals surface area contributed by atoms with Crippen LogP contribution in [0.2, 0.25) is 0 Å². The summed E-state index contributed by atoms with van der Waals surface area (Å²) < 4.78 is 6.16. The van der Waals surface area contributed by atoms with Gasteiger partial charge in [0, 0.05) is 28.0 Å². The topological polar surface area (TPSA) is 111 Å². The third-order valence-corrected chi connectivity index (χ3v) is 6.50. The maximum absolute atomic E-state index is 11.5. The zero-order valence-electron chi connectivity index (χ0n) is 20.6. The van der Waals surface area contributed by atoms with Crippen molar-refractivity contribution in [3.8, 4) is 28.3 Å². The van der Waals surface area contributed by atoms with Crippen molar-refractivity contribution in [3.05, 3.63) is 103 Å².